The van der Waals surface area contributed by atoms with Crippen molar-refractivity contribution in [2.45, 2.75) is 25.7 Å². The third kappa shape index (κ3) is 2.04. The molecule has 2 fully saturated rings. The van der Waals surface area contributed by atoms with E-state index in [-0.39, 0.29) is 29.4 Å². The van der Waals surface area contributed by atoms with Crippen LogP contribution in [0.1, 0.15) is 41.6 Å². The lowest BCUT2D eigenvalue weighted by molar-refractivity contribution is -0.122. The number of benzene rings is 2. The first-order chi connectivity index (χ1) is 12.6. The highest BCUT2D eigenvalue weighted by Gasteiger charge is 2.49. The minimum Gasteiger partial charge on any atom is -0.289 e. The van der Waals surface area contributed by atoms with Gasteiger partial charge in [-0.05, 0) is 52.0 Å². The number of hydrogen-bond acceptors (Lipinski definition) is 3. The van der Waals surface area contributed by atoms with E-state index in [0.29, 0.717) is 21.3 Å². The van der Waals surface area contributed by atoms with Crippen molar-refractivity contribution >= 4 is 39.2 Å². The lowest BCUT2D eigenvalue weighted by Crippen LogP contribution is -2.31. The molecule has 26 heavy (non-hydrogen) atoms. The molecule has 0 bridgehead atoms. The van der Waals surface area contributed by atoms with Crippen molar-refractivity contribution in [3.05, 3.63) is 52.0 Å². The van der Waals surface area contributed by atoms with Gasteiger partial charge >= 0.3 is 0 Å². The molecule has 2 aromatic carbocycles. The zero-order chi connectivity index (χ0) is 18.0. The van der Waals surface area contributed by atoms with E-state index >= 15 is 0 Å². The number of amides is 2. The van der Waals surface area contributed by atoms with Crippen LogP contribution in [-0.2, 0) is 9.59 Å². The minimum atomic E-state index is -0.204. The molecule has 3 aliphatic rings. The third-order valence-corrected chi connectivity index (χ3v) is 6.51. The normalized spacial score (nSPS) is 23.9. The predicted octanol–water partition coefficient (Wildman–Crippen LogP) is 4.34. The molecule has 1 saturated carbocycles. The first kappa shape index (κ1) is 15.9. The van der Waals surface area contributed by atoms with E-state index < -0.39 is 0 Å². The molecule has 5 rings (SSSR count). The van der Waals surface area contributed by atoms with Gasteiger partial charge in [-0.3, -0.25) is 14.4 Å². The van der Waals surface area contributed by atoms with E-state index in [2.05, 4.69) is 15.9 Å². The lowest BCUT2D eigenvalue weighted by Gasteiger charge is -2.19. The number of ketones is 1. The van der Waals surface area contributed by atoms with Crippen LogP contribution in [-0.4, -0.2) is 17.6 Å². The summed E-state index contributed by atoms with van der Waals surface area (Å²) in [7, 11) is 0. The Labute approximate surface area is 159 Å². The van der Waals surface area contributed by atoms with Gasteiger partial charge < -0.3 is 0 Å². The molecule has 2 atom stereocenters. The van der Waals surface area contributed by atoms with Crippen LogP contribution in [0.15, 0.2) is 40.9 Å². The second-order valence-corrected chi connectivity index (χ2v) is 8.09. The molecule has 0 spiro atoms. The molecule has 0 aromatic heterocycles. The van der Waals surface area contributed by atoms with Crippen LogP contribution in [0.25, 0.3) is 11.1 Å². The number of anilines is 1. The van der Waals surface area contributed by atoms with Gasteiger partial charge in [0.2, 0.25) is 11.8 Å². The van der Waals surface area contributed by atoms with E-state index in [0.717, 1.165) is 36.8 Å². The van der Waals surface area contributed by atoms with Gasteiger partial charge in [-0.25, -0.2) is 4.90 Å². The topological polar surface area (TPSA) is 54.5 Å². The summed E-state index contributed by atoms with van der Waals surface area (Å²) in [5.74, 6) is -0.707. The molecule has 1 heterocycles. The summed E-state index contributed by atoms with van der Waals surface area (Å²) in [6.07, 6.45) is 3.54. The summed E-state index contributed by atoms with van der Waals surface area (Å²) in [5.41, 5.74) is 3.46. The summed E-state index contributed by atoms with van der Waals surface area (Å²) >= 11 is 3.53. The van der Waals surface area contributed by atoms with Gasteiger partial charge in [0.15, 0.2) is 5.78 Å². The number of fused-ring (bicyclic) bond motifs is 4. The van der Waals surface area contributed by atoms with Crippen molar-refractivity contribution in [3.63, 3.8) is 0 Å². The Morgan fingerprint density at radius 1 is 0.808 bits per heavy atom. The fourth-order valence-electron chi connectivity index (χ4n) is 4.60. The van der Waals surface area contributed by atoms with Gasteiger partial charge in [0.1, 0.15) is 0 Å². The number of imide groups is 1. The average molecular weight is 410 g/mol. The monoisotopic (exact) mass is 409 g/mol. The first-order valence-electron chi connectivity index (χ1n) is 8.93. The Bertz CT molecular complexity index is 973. The zero-order valence-corrected chi connectivity index (χ0v) is 15.6. The Morgan fingerprint density at radius 3 is 2.08 bits per heavy atom. The quantitative estimate of drug-likeness (QED) is 0.561. The Balaban J connectivity index is 1.63. The van der Waals surface area contributed by atoms with Crippen LogP contribution in [0.2, 0.25) is 0 Å². The fraction of sp³-hybridized carbons (Fsp3) is 0.286. The maximum absolute atomic E-state index is 12.9. The van der Waals surface area contributed by atoms with Crippen molar-refractivity contribution in [1.29, 1.82) is 0 Å². The van der Waals surface area contributed by atoms with Crippen molar-refractivity contribution in [2.24, 2.45) is 11.8 Å². The van der Waals surface area contributed by atoms with E-state index in [9.17, 15) is 14.4 Å². The lowest BCUT2D eigenvalue weighted by atomic mass is 9.81. The summed E-state index contributed by atoms with van der Waals surface area (Å²) in [4.78, 5) is 39.9. The van der Waals surface area contributed by atoms with E-state index in [1.807, 2.05) is 30.3 Å². The Hall–Kier alpha value is -2.27. The molecule has 0 unspecified atom stereocenters. The van der Waals surface area contributed by atoms with Crippen LogP contribution in [0.5, 0.6) is 0 Å². The number of carbonyl (C=O) groups is 3. The van der Waals surface area contributed by atoms with Crippen molar-refractivity contribution in [1.82, 2.24) is 0 Å². The van der Waals surface area contributed by atoms with E-state index in [4.69, 9.17) is 0 Å². The molecule has 5 heteroatoms. The van der Waals surface area contributed by atoms with Gasteiger partial charge in [-0.15, -0.1) is 0 Å². The molecule has 1 aliphatic heterocycles. The molecule has 4 nitrogen and oxygen atoms in total. The average Bonchev–Trinajstić information content (AvgIpc) is 3.08. The number of hydrogen-bond donors (Lipinski definition) is 0. The van der Waals surface area contributed by atoms with E-state index in [1.165, 1.54) is 4.90 Å². The molecule has 2 amide bonds. The fourth-order valence-corrected chi connectivity index (χ4v) is 5.13. The predicted molar refractivity (Wildman–Crippen MR) is 101 cm³/mol. The molecule has 1 saturated heterocycles. The highest BCUT2D eigenvalue weighted by atomic mass is 79.9. The molecule has 0 radical (unpaired) electrons. The second kappa shape index (κ2) is 5.61. The largest absolute Gasteiger partial charge is 0.289 e. The number of nitrogens with zero attached hydrogens (tertiary/aromatic N) is 1. The molecular formula is C21H16BrNO3. The van der Waals surface area contributed by atoms with Crippen LogP contribution < -0.4 is 4.90 Å². The number of halogens is 1. The highest BCUT2D eigenvalue weighted by Crippen LogP contribution is 2.45. The first-order valence-corrected chi connectivity index (χ1v) is 9.72. The molecule has 130 valence electrons. The van der Waals surface area contributed by atoms with Gasteiger partial charge in [0.05, 0.1) is 17.5 Å². The van der Waals surface area contributed by atoms with Crippen molar-refractivity contribution < 1.29 is 14.4 Å². The standard InChI is InChI=1S/C21H16BrNO3/c22-17-9-15-11-5-1-2-6-12(11)19(24)16(15)10-18(17)23-20(25)13-7-3-4-8-14(13)21(23)26/h1-2,5-6,9-10,13-14H,3-4,7-8H2/t13-,14+. The van der Waals surface area contributed by atoms with Gasteiger partial charge in [-0.2, -0.15) is 0 Å². The summed E-state index contributed by atoms with van der Waals surface area (Å²) in [6.45, 7) is 0. The number of rotatable bonds is 1. The van der Waals surface area contributed by atoms with Crippen LogP contribution in [0.3, 0.4) is 0 Å². The van der Waals surface area contributed by atoms with Gasteiger partial charge in [0.25, 0.3) is 0 Å². The Kier molecular flexibility index (Phi) is 3.44. The summed E-state index contributed by atoms with van der Waals surface area (Å²) < 4.78 is 0.668. The number of carbonyl (C=O) groups excluding carboxylic acids is 3. The summed E-state index contributed by atoms with van der Waals surface area (Å²) in [6, 6.07) is 11.0. The van der Waals surface area contributed by atoms with Crippen molar-refractivity contribution in [3.8, 4) is 11.1 Å². The maximum Gasteiger partial charge on any atom is 0.237 e. The van der Waals surface area contributed by atoms with Gasteiger partial charge in [0, 0.05) is 15.6 Å². The highest BCUT2D eigenvalue weighted by molar-refractivity contribution is 9.10. The van der Waals surface area contributed by atoms with Crippen LogP contribution in [0, 0.1) is 11.8 Å². The smallest absolute Gasteiger partial charge is 0.237 e. The van der Waals surface area contributed by atoms with Crippen molar-refractivity contribution in [2.75, 3.05) is 4.90 Å². The van der Waals surface area contributed by atoms with Crippen LogP contribution in [0.4, 0.5) is 5.69 Å². The zero-order valence-electron chi connectivity index (χ0n) is 14.0. The molecule has 0 N–H and O–H groups in total. The minimum absolute atomic E-state index is 0.0548. The van der Waals surface area contributed by atoms with E-state index in [1.54, 1.807) is 6.07 Å². The second-order valence-electron chi connectivity index (χ2n) is 7.23. The molecule has 2 aliphatic carbocycles. The molecule has 2 aromatic rings. The van der Waals surface area contributed by atoms with Crippen LogP contribution >= 0.6 is 15.9 Å². The maximum atomic E-state index is 12.9. The third-order valence-electron chi connectivity index (χ3n) is 5.88. The van der Waals surface area contributed by atoms with Gasteiger partial charge in [-0.1, -0.05) is 37.1 Å². The SMILES string of the molecule is O=C1c2ccccc2-c2cc(Br)c(N3C(=O)[C@H]4CCCC[C@H]4C3=O)cc21. The Morgan fingerprint density at radius 2 is 1.42 bits per heavy atom. The molecular weight excluding hydrogens is 394 g/mol. The summed E-state index contributed by atoms with van der Waals surface area (Å²) in [5, 5.41) is 0.